The smallest absolute Gasteiger partial charge is 0.161 e. The minimum atomic E-state index is -0.0325. The molecule has 6 heteroatoms. The number of rotatable bonds is 7. The van der Waals surface area contributed by atoms with Crippen LogP contribution in [0, 0.1) is 13.8 Å². The number of benzene rings is 1. The largest absolute Gasteiger partial charge is 0.493 e. The van der Waals surface area contributed by atoms with E-state index in [9.17, 15) is 0 Å². The number of anilines is 1. The van der Waals surface area contributed by atoms with Crippen molar-refractivity contribution in [3.05, 3.63) is 41.3 Å². The van der Waals surface area contributed by atoms with Gasteiger partial charge in [-0.3, -0.25) is 0 Å². The van der Waals surface area contributed by atoms with Crippen molar-refractivity contribution >= 4 is 5.82 Å². The number of aryl methyl sites for hydroxylation is 2. The van der Waals surface area contributed by atoms with E-state index < -0.39 is 0 Å². The topological polar surface area (TPSA) is 76.5 Å². The number of hydrogen-bond acceptors (Lipinski definition) is 6. The molecule has 6 nitrogen and oxygen atoms in total. The van der Waals surface area contributed by atoms with Gasteiger partial charge in [-0.25, -0.2) is 9.97 Å². The fourth-order valence-electron chi connectivity index (χ4n) is 2.32. The Labute approximate surface area is 136 Å². The van der Waals surface area contributed by atoms with Crippen molar-refractivity contribution < 1.29 is 14.6 Å². The molecular formula is C17H23N3O3. The van der Waals surface area contributed by atoms with Gasteiger partial charge in [0.25, 0.3) is 0 Å². The van der Waals surface area contributed by atoms with Crippen LogP contribution in [0.1, 0.15) is 30.0 Å². The molecule has 0 aliphatic heterocycles. The fraction of sp³-hybridized carbons (Fsp3) is 0.412. The minimum absolute atomic E-state index is 0.0325. The monoisotopic (exact) mass is 317 g/mol. The lowest BCUT2D eigenvalue weighted by atomic mass is 10.1. The van der Waals surface area contributed by atoms with Gasteiger partial charge >= 0.3 is 0 Å². The number of nitrogens with zero attached hydrogens (tertiary/aromatic N) is 2. The molecule has 1 aromatic carbocycles. The van der Waals surface area contributed by atoms with Gasteiger partial charge in [0.15, 0.2) is 11.5 Å². The molecule has 1 aromatic heterocycles. The Kier molecular flexibility index (Phi) is 5.76. The van der Waals surface area contributed by atoms with Crippen LogP contribution in [-0.4, -0.2) is 35.4 Å². The van der Waals surface area contributed by atoms with Crippen LogP contribution >= 0.6 is 0 Å². The van der Waals surface area contributed by atoms with Crippen molar-refractivity contribution in [1.29, 1.82) is 0 Å². The molecule has 0 unspecified atom stereocenters. The molecule has 2 N–H and O–H groups in total. The summed E-state index contributed by atoms with van der Waals surface area (Å²) >= 11 is 0. The van der Waals surface area contributed by atoms with Crippen LogP contribution < -0.4 is 14.8 Å². The first-order valence-electron chi connectivity index (χ1n) is 7.54. The molecule has 0 saturated heterocycles. The van der Waals surface area contributed by atoms with E-state index in [1.165, 1.54) is 0 Å². The van der Waals surface area contributed by atoms with Crippen molar-refractivity contribution in [2.75, 3.05) is 25.6 Å². The normalized spacial score (nSPS) is 11.9. The predicted molar refractivity (Wildman–Crippen MR) is 89.1 cm³/mol. The number of aliphatic hydroxyl groups excluding tert-OH is 1. The van der Waals surface area contributed by atoms with Crippen LogP contribution in [0.25, 0.3) is 0 Å². The van der Waals surface area contributed by atoms with Crippen LogP contribution in [0.3, 0.4) is 0 Å². The second kappa shape index (κ2) is 7.78. The number of methoxy groups -OCH3 is 1. The van der Waals surface area contributed by atoms with Crippen molar-refractivity contribution in [3.63, 3.8) is 0 Å². The Bertz CT molecular complexity index is 641. The Morgan fingerprint density at radius 1 is 1.17 bits per heavy atom. The summed E-state index contributed by atoms with van der Waals surface area (Å²) in [7, 11) is 1.60. The average molecular weight is 317 g/mol. The molecule has 1 heterocycles. The molecule has 0 aliphatic rings. The van der Waals surface area contributed by atoms with Gasteiger partial charge in [-0.05, 0) is 38.5 Å². The summed E-state index contributed by atoms with van der Waals surface area (Å²) in [6, 6.07) is 7.70. The zero-order valence-electron chi connectivity index (χ0n) is 14.0. The molecule has 2 rings (SSSR count). The van der Waals surface area contributed by atoms with Gasteiger partial charge in [0, 0.05) is 11.8 Å². The number of nitrogens with one attached hydrogen (secondary N) is 1. The highest BCUT2D eigenvalue weighted by Gasteiger charge is 2.11. The standard InChI is InChI=1S/C17H23N3O3/c1-11-9-17(20-13(3)18-11)19-12(2)14-5-6-15(23-8-7-21)16(10-14)22-4/h5-6,9-10,12,21H,7-8H2,1-4H3,(H,18,19,20)/t12-/m0/s1. The van der Waals surface area contributed by atoms with Gasteiger partial charge in [0.1, 0.15) is 18.2 Å². The average Bonchev–Trinajstić information content (AvgIpc) is 2.51. The minimum Gasteiger partial charge on any atom is -0.493 e. The van der Waals surface area contributed by atoms with Crippen LogP contribution in [0.15, 0.2) is 24.3 Å². The van der Waals surface area contributed by atoms with Crippen LogP contribution in [-0.2, 0) is 0 Å². The highest BCUT2D eigenvalue weighted by Crippen LogP contribution is 2.31. The maximum Gasteiger partial charge on any atom is 0.161 e. The first kappa shape index (κ1) is 17.0. The molecular weight excluding hydrogens is 294 g/mol. The third kappa shape index (κ3) is 4.56. The van der Waals surface area contributed by atoms with Crippen molar-refractivity contribution in [3.8, 4) is 11.5 Å². The van der Waals surface area contributed by atoms with Gasteiger partial charge in [-0.15, -0.1) is 0 Å². The first-order valence-corrected chi connectivity index (χ1v) is 7.54. The van der Waals surface area contributed by atoms with Crippen molar-refractivity contribution in [1.82, 2.24) is 9.97 Å². The van der Waals surface area contributed by atoms with Gasteiger partial charge in [0.05, 0.1) is 19.8 Å². The third-order valence-corrected chi connectivity index (χ3v) is 3.37. The maximum atomic E-state index is 8.86. The SMILES string of the molecule is COc1cc([C@H](C)Nc2cc(C)nc(C)n2)ccc1OCCO. The molecule has 124 valence electrons. The quantitative estimate of drug-likeness (QED) is 0.817. The lowest BCUT2D eigenvalue weighted by Crippen LogP contribution is -2.10. The van der Waals surface area contributed by atoms with Gasteiger partial charge in [-0.2, -0.15) is 0 Å². The molecule has 0 bridgehead atoms. The Morgan fingerprint density at radius 2 is 1.96 bits per heavy atom. The van der Waals surface area contributed by atoms with Crippen LogP contribution in [0.4, 0.5) is 5.82 Å². The van der Waals surface area contributed by atoms with E-state index in [1.807, 2.05) is 38.1 Å². The molecule has 0 amide bonds. The zero-order valence-corrected chi connectivity index (χ0v) is 14.0. The van der Waals surface area contributed by atoms with Crippen molar-refractivity contribution in [2.24, 2.45) is 0 Å². The van der Waals surface area contributed by atoms with Gasteiger partial charge < -0.3 is 19.9 Å². The van der Waals surface area contributed by atoms with E-state index in [-0.39, 0.29) is 19.3 Å². The Balaban J connectivity index is 2.16. The number of hydrogen-bond donors (Lipinski definition) is 2. The summed E-state index contributed by atoms with van der Waals surface area (Å²) in [6.07, 6.45) is 0. The highest BCUT2D eigenvalue weighted by atomic mass is 16.5. The lowest BCUT2D eigenvalue weighted by Gasteiger charge is -2.18. The summed E-state index contributed by atoms with van der Waals surface area (Å²) in [4.78, 5) is 8.67. The van der Waals surface area contributed by atoms with E-state index >= 15 is 0 Å². The molecule has 0 radical (unpaired) electrons. The summed E-state index contributed by atoms with van der Waals surface area (Å²) in [6.45, 7) is 6.08. The third-order valence-electron chi connectivity index (χ3n) is 3.37. The van der Waals surface area contributed by atoms with Crippen molar-refractivity contribution in [2.45, 2.75) is 26.8 Å². The van der Waals surface area contributed by atoms with Gasteiger partial charge in [0.2, 0.25) is 0 Å². The Morgan fingerprint density at radius 3 is 2.61 bits per heavy atom. The second-order valence-corrected chi connectivity index (χ2v) is 5.29. The fourth-order valence-corrected chi connectivity index (χ4v) is 2.32. The second-order valence-electron chi connectivity index (χ2n) is 5.29. The summed E-state index contributed by atoms with van der Waals surface area (Å²) in [5, 5.41) is 12.2. The summed E-state index contributed by atoms with van der Waals surface area (Å²) in [5.41, 5.74) is 1.98. The molecule has 1 atom stereocenters. The summed E-state index contributed by atoms with van der Waals surface area (Å²) in [5.74, 6) is 2.79. The zero-order chi connectivity index (χ0) is 16.8. The van der Waals surface area contributed by atoms with E-state index in [0.29, 0.717) is 11.5 Å². The lowest BCUT2D eigenvalue weighted by molar-refractivity contribution is 0.196. The van der Waals surface area contributed by atoms with Gasteiger partial charge in [-0.1, -0.05) is 6.07 Å². The number of ether oxygens (including phenoxy) is 2. The molecule has 0 aliphatic carbocycles. The number of aliphatic hydroxyl groups is 1. The first-order chi connectivity index (χ1) is 11.0. The molecule has 0 spiro atoms. The molecule has 0 saturated carbocycles. The summed E-state index contributed by atoms with van der Waals surface area (Å²) < 4.78 is 10.8. The van der Waals surface area contributed by atoms with Crippen LogP contribution in [0.2, 0.25) is 0 Å². The molecule has 2 aromatic rings. The molecule has 23 heavy (non-hydrogen) atoms. The Hall–Kier alpha value is -2.34. The highest BCUT2D eigenvalue weighted by molar-refractivity contribution is 5.46. The van der Waals surface area contributed by atoms with E-state index in [0.717, 1.165) is 22.9 Å². The van der Waals surface area contributed by atoms with E-state index in [4.69, 9.17) is 14.6 Å². The molecule has 0 fully saturated rings. The van der Waals surface area contributed by atoms with E-state index in [1.54, 1.807) is 7.11 Å². The predicted octanol–water partition coefficient (Wildman–Crippen LogP) is 2.65. The number of aromatic nitrogens is 2. The maximum absolute atomic E-state index is 8.86. The van der Waals surface area contributed by atoms with E-state index in [2.05, 4.69) is 22.2 Å². The van der Waals surface area contributed by atoms with Crippen LogP contribution in [0.5, 0.6) is 11.5 Å².